The highest BCUT2D eigenvalue weighted by atomic mass is 16.3. The minimum atomic E-state index is -0.0908. The molecule has 5 heteroatoms. The molecule has 0 aliphatic carbocycles. The number of nitrogens with zero attached hydrogens (tertiary/aromatic N) is 1. The van der Waals surface area contributed by atoms with Crippen LogP contribution in [-0.4, -0.2) is 17.1 Å². The summed E-state index contributed by atoms with van der Waals surface area (Å²) in [5.74, 6) is -0.0204. The van der Waals surface area contributed by atoms with Crippen LogP contribution in [0, 0.1) is 0 Å². The standard InChI is InChI=1S/C23H25N3O2/c1-17(14-23(28)25-19-10-6-3-7-11-19)26(16-18-8-4-2-5-9-18)20-12-13-21(24)22(27)15-20/h2-13,15,17,27H,14,16,24H2,1H3,(H,25,28). The molecule has 28 heavy (non-hydrogen) atoms. The Morgan fingerprint density at radius 1 is 1.04 bits per heavy atom. The van der Waals surface area contributed by atoms with Crippen molar-refractivity contribution in [1.29, 1.82) is 0 Å². The van der Waals surface area contributed by atoms with Crippen molar-refractivity contribution in [1.82, 2.24) is 0 Å². The van der Waals surface area contributed by atoms with Gasteiger partial charge in [0.1, 0.15) is 5.75 Å². The third-order valence-corrected chi connectivity index (χ3v) is 4.61. The third-order valence-electron chi connectivity index (χ3n) is 4.61. The predicted molar refractivity (Wildman–Crippen MR) is 114 cm³/mol. The summed E-state index contributed by atoms with van der Waals surface area (Å²) >= 11 is 0. The first-order chi connectivity index (χ1) is 13.5. The topological polar surface area (TPSA) is 78.6 Å². The SMILES string of the molecule is CC(CC(=O)Nc1ccccc1)N(Cc1ccccc1)c1ccc(N)c(O)c1. The predicted octanol–water partition coefficient (Wildman–Crippen LogP) is 4.40. The molecule has 1 amide bonds. The lowest BCUT2D eigenvalue weighted by Gasteiger charge is -2.31. The number of phenols is 1. The van der Waals surface area contributed by atoms with Gasteiger partial charge in [-0.05, 0) is 36.8 Å². The van der Waals surface area contributed by atoms with E-state index in [1.165, 1.54) is 0 Å². The van der Waals surface area contributed by atoms with E-state index in [9.17, 15) is 9.90 Å². The molecule has 0 fully saturated rings. The molecule has 0 bridgehead atoms. The Morgan fingerprint density at radius 2 is 1.68 bits per heavy atom. The first-order valence-corrected chi connectivity index (χ1v) is 9.27. The highest BCUT2D eigenvalue weighted by molar-refractivity contribution is 5.91. The fraction of sp³-hybridized carbons (Fsp3) is 0.174. The van der Waals surface area contributed by atoms with Crippen LogP contribution in [0.1, 0.15) is 18.9 Å². The first-order valence-electron chi connectivity index (χ1n) is 9.27. The fourth-order valence-electron chi connectivity index (χ4n) is 3.10. The summed E-state index contributed by atoms with van der Waals surface area (Å²) in [6.45, 7) is 2.62. The van der Waals surface area contributed by atoms with Gasteiger partial charge in [0, 0.05) is 36.4 Å². The van der Waals surface area contributed by atoms with Gasteiger partial charge in [-0.1, -0.05) is 48.5 Å². The molecule has 0 aromatic heterocycles. The zero-order valence-corrected chi connectivity index (χ0v) is 15.9. The minimum absolute atomic E-state index is 0.0384. The molecule has 5 nitrogen and oxygen atoms in total. The molecule has 0 aliphatic heterocycles. The average molecular weight is 375 g/mol. The smallest absolute Gasteiger partial charge is 0.226 e. The van der Waals surface area contributed by atoms with Gasteiger partial charge in [0.25, 0.3) is 0 Å². The number of para-hydroxylation sites is 1. The number of carbonyl (C=O) groups is 1. The Balaban J connectivity index is 1.78. The van der Waals surface area contributed by atoms with E-state index in [4.69, 9.17) is 5.73 Å². The van der Waals surface area contributed by atoms with Crippen LogP contribution in [0.15, 0.2) is 78.9 Å². The number of phenolic OH excluding ortho intramolecular Hbond substituents is 1. The molecule has 0 heterocycles. The average Bonchev–Trinajstić information content (AvgIpc) is 2.70. The number of hydrogen-bond acceptors (Lipinski definition) is 4. The summed E-state index contributed by atoms with van der Waals surface area (Å²) in [5.41, 5.74) is 8.80. The number of rotatable bonds is 7. The molecule has 0 radical (unpaired) electrons. The largest absolute Gasteiger partial charge is 0.506 e. The third kappa shape index (κ3) is 5.04. The molecule has 0 aliphatic rings. The lowest BCUT2D eigenvalue weighted by atomic mass is 10.1. The zero-order valence-electron chi connectivity index (χ0n) is 15.9. The Bertz CT molecular complexity index is 914. The van der Waals surface area contributed by atoms with E-state index in [0.29, 0.717) is 18.7 Å². The molecule has 0 spiro atoms. The molecular weight excluding hydrogens is 350 g/mol. The monoisotopic (exact) mass is 375 g/mol. The number of amides is 1. The number of anilines is 3. The van der Waals surface area contributed by atoms with Gasteiger partial charge >= 0.3 is 0 Å². The number of nitrogens with one attached hydrogen (secondary N) is 1. The summed E-state index contributed by atoms with van der Waals surface area (Å²) < 4.78 is 0. The van der Waals surface area contributed by atoms with Crippen LogP contribution in [0.5, 0.6) is 5.75 Å². The van der Waals surface area contributed by atoms with Gasteiger partial charge in [-0.25, -0.2) is 0 Å². The second kappa shape index (κ2) is 8.95. The zero-order chi connectivity index (χ0) is 19.9. The number of carbonyl (C=O) groups excluding carboxylic acids is 1. The van der Waals surface area contributed by atoms with E-state index in [2.05, 4.69) is 10.2 Å². The highest BCUT2D eigenvalue weighted by Crippen LogP contribution is 2.29. The van der Waals surface area contributed by atoms with Gasteiger partial charge in [0.05, 0.1) is 5.69 Å². The lowest BCUT2D eigenvalue weighted by molar-refractivity contribution is -0.116. The van der Waals surface area contributed by atoms with Gasteiger partial charge < -0.3 is 21.1 Å². The fourth-order valence-corrected chi connectivity index (χ4v) is 3.10. The van der Waals surface area contributed by atoms with Crippen molar-refractivity contribution in [2.24, 2.45) is 0 Å². The van der Waals surface area contributed by atoms with Crippen molar-refractivity contribution in [3.05, 3.63) is 84.4 Å². The molecule has 1 atom stereocenters. The lowest BCUT2D eigenvalue weighted by Crippen LogP contribution is -2.35. The Morgan fingerprint density at radius 3 is 2.32 bits per heavy atom. The second-order valence-corrected chi connectivity index (χ2v) is 6.82. The van der Waals surface area contributed by atoms with Gasteiger partial charge in [0.2, 0.25) is 5.91 Å². The van der Waals surface area contributed by atoms with Crippen molar-refractivity contribution >= 4 is 23.0 Å². The number of benzene rings is 3. The number of nitrogen functional groups attached to an aromatic ring is 1. The normalized spacial score (nSPS) is 11.6. The van der Waals surface area contributed by atoms with E-state index in [0.717, 1.165) is 16.9 Å². The van der Waals surface area contributed by atoms with Crippen molar-refractivity contribution < 1.29 is 9.90 Å². The molecule has 0 saturated carbocycles. The van der Waals surface area contributed by atoms with Crippen LogP contribution in [0.3, 0.4) is 0 Å². The summed E-state index contributed by atoms with van der Waals surface area (Å²) in [4.78, 5) is 14.6. The Labute approximate surface area is 165 Å². The Kier molecular flexibility index (Phi) is 6.17. The van der Waals surface area contributed by atoms with Gasteiger partial charge in [0.15, 0.2) is 0 Å². The summed E-state index contributed by atoms with van der Waals surface area (Å²) in [6, 6.07) is 24.5. The van der Waals surface area contributed by atoms with Crippen molar-refractivity contribution in [2.45, 2.75) is 25.9 Å². The number of nitrogens with two attached hydrogens (primary N) is 1. The van der Waals surface area contributed by atoms with Crippen LogP contribution in [0.2, 0.25) is 0 Å². The van der Waals surface area contributed by atoms with Crippen molar-refractivity contribution in [3.8, 4) is 5.75 Å². The quantitative estimate of drug-likeness (QED) is 0.422. The van der Waals surface area contributed by atoms with Crippen LogP contribution in [-0.2, 0) is 11.3 Å². The molecular formula is C23H25N3O2. The summed E-state index contributed by atoms with van der Waals surface area (Å²) in [7, 11) is 0. The van der Waals surface area contributed by atoms with Crippen LogP contribution in [0.4, 0.5) is 17.1 Å². The van der Waals surface area contributed by atoms with E-state index >= 15 is 0 Å². The summed E-state index contributed by atoms with van der Waals surface area (Å²) in [5, 5.41) is 13.0. The van der Waals surface area contributed by atoms with Gasteiger partial charge in [-0.3, -0.25) is 4.79 Å². The van der Waals surface area contributed by atoms with Gasteiger partial charge in [-0.15, -0.1) is 0 Å². The van der Waals surface area contributed by atoms with Gasteiger partial charge in [-0.2, -0.15) is 0 Å². The second-order valence-electron chi connectivity index (χ2n) is 6.82. The van der Waals surface area contributed by atoms with E-state index in [-0.39, 0.29) is 17.7 Å². The van der Waals surface area contributed by atoms with E-state index < -0.39 is 0 Å². The first kappa shape index (κ1) is 19.3. The molecule has 3 rings (SSSR count). The highest BCUT2D eigenvalue weighted by Gasteiger charge is 2.19. The Hall–Kier alpha value is -3.47. The molecule has 4 N–H and O–H groups in total. The number of hydrogen-bond donors (Lipinski definition) is 3. The van der Waals surface area contributed by atoms with Crippen molar-refractivity contribution in [3.63, 3.8) is 0 Å². The molecule has 0 saturated heterocycles. The number of aromatic hydroxyl groups is 1. The maximum absolute atomic E-state index is 12.5. The molecule has 144 valence electrons. The van der Waals surface area contributed by atoms with Crippen LogP contribution in [0.25, 0.3) is 0 Å². The molecule has 3 aromatic carbocycles. The van der Waals surface area contributed by atoms with Crippen molar-refractivity contribution in [2.75, 3.05) is 16.0 Å². The molecule has 1 unspecified atom stereocenters. The summed E-state index contributed by atoms with van der Waals surface area (Å²) in [6.07, 6.45) is 0.312. The maximum atomic E-state index is 12.5. The van der Waals surface area contributed by atoms with E-state index in [1.54, 1.807) is 12.1 Å². The molecule has 3 aromatic rings. The van der Waals surface area contributed by atoms with E-state index in [1.807, 2.05) is 73.7 Å². The maximum Gasteiger partial charge on any atom is 0.226 e. The van der Waals surface area contributed by atoms with Crippen LogP contribution >= 0.6 is 0 Å². The van der Waals surface area contributed by atoms with Crippen LogP contribution < -0.4 is 16.0 Å². The minimum Gasteiger partial charge on any atom is -0.506 e.